The number of carbonyl (C=O) groups excluding carboxylic acids is 3. The van der Waals surface area contributed by atoms with Gasteiger partial charge in [0.25, 0.3) is 5.91 Å². The fourth-order valence-electron chi connectivity index (χ4n) is 4.82. The average molecular weight is 391 g/mol. The maximum atomic E-state index is 13.3. The number of ether oxygens (including phenoxy) is 1. The molecule has 9 heteroatoms. The van der Waals surface area contributed by atoms with Gasteiger partial charge in [0.15, 0.2) is 0 Å². The van der Waals surface area contributed by atoms with E-state index < -0.39 is 12.1 Å². The van der Waals surface area contributed by atoms with Crippen LogP contribution in [0.5, 0.6) is 0 Å². The molecule has 29 heavy (non-hydrogen) atoms. The number of nitrogens with zero attached hydrogens (tertiary/aromatic N) is 5. The van der Waals surface area contributed by atoms with Crippen molar-refractivity contribution in [2.24, 2.45) is 0 Å². The van der Waals surface area contributed by atoms with Crippen LogP contribution in [0.25, 0.3) is 10.8 Å². The number of urea groups is 1. The number of nitriles is 1. The lowest BCUT2D eigenvalue weighted by molar-refractivity contribution is -0.139. The van der Waals surface area contributed by atoms with Crippen LogP contribution in [0.15, 0.2) is 30.5 Å². The Labute approximate surface area is 166 Å². The maximum Gasteiger partial charge on any atom is 0.332 e. The Morgan fingerprint density at radius 2 is 2.07 bits per heavy atom. The van der Waals surface area contributed by atoms with E-state index in [0.717, 1.165) is 4.90 Å². The summed E-state index contributed by atoms with van der Waals surface area (Å²) in [5.41, 5.74) is 0.596. The summed E-state index contributed by atoms with van der Waals surface area (Å²) in [6.45, 7) is 0.356. The molecule has 0 saturated carbocycles. The SMILES string of the molecule is COCC(=O)N1CC2CC1C1C(=O)N(c3cnc(C#N)c4ccccc34)C(=O)N21. The van der Waals surface area contributed by atoms with Crippen LogP contribution in [0, 0.1) is 11.3 Å². The van der Waals surface area contributed by atoms with Gasteiger partial charge >= 0.3 is 6.03 Å². The number of imide groups is 1. The number of piperazine rings is 1. The molecule has 146 valence electrons. The van der Waals surface area contributed by atoms with E-state index in [1.54, 1.807) is 34.1 Å². The fourth-order valence-corrected chi connectivity index (χ4v) is 4.82. The topological polar surface area (TPSA) is 107 Å². The number of amides is 4. The molecule has 5 rings (SSSR count). The van der Waals surface area contributed by atoms with Gasteiger partial charge in [-0.1, -0.05) is 24.3 Å². The molecule has 4 amide bonds. The predicted molar refractivity (Wildman–Crippen MR) is 101 cm³/mol. The number of methoxy groups -OCH3 is 1. The zero-order valence-corrected chi connectivity index (χ0v) is 15.6. The number of pyridine rings is 1. The fraction of sp³-hybridized carbons (Fsp3) is 0.350. The van der Waals surface area contributed by atoms with E-state index in [1.807, 2.05) is 6.07 Å². The van der Waals surface area contributed by atoms with Gasteiger partial charge in [-0.2, -0.15) is 5.26 Å². The highest BCUT2D eigenvalue weighted by Crippen LogP contribution is 2.43. The lowest BCUT2D eigenvalue weighted by Crippen LogP contribution is -2.55. The lowest BCUT2D eigenvalue weighted by Gasteiger charge is -2.34. The molecule has 4 heterocycles. The number of fused-ring (bicyclic) bond motifs is 6. The molecule has 0 spiro atoms. The molecule has 3 atom stereocenters. The molecule has 3 aliphatic rings. The third-order valence-corrected chi connectivity index (χ3v) is 5.97. The summed E-state index contributed by atoms with van der Waals surface area (Å²) in [5, 5.41) is 10.5. The molecule has 3 unspecified atom stereocenters. The number of rotatable bonds is 3. The van der Waals surface area contributed by atoms with Crippen LogP contribution in [-0.2, 0) is 14.3 Å². The van der Waals surface area contributed by atoms with Crippen molar-refractivity contribution >= 4 is 34.3 Å². The van der Waals surface area contributed by atoms with Crippen LogP contribution in [0.2, 0.25) is 0 Å². The van der Waals surface area contributed by atoms with Gasteiger partial charge in [0, 0.05) is 24.4 Å². The Morgan fingerprint density at radius 3 is 2.79 bits per heavy atom. The standard InChI is InChI=1S/C20H17N5O4/c1-29-10-17(26)23-9-11-6-15(23)18-19(27)25(20(28)24(11)18)16-8-22-14(7-21)12-4-2-3-5-13(12)16/h2-5,8,11,15,18H,6,9-10H2,1H3. The van der Waals surface area contributed by atoms with Crippen LogP contribution >= 0.6 is 0 Å². The second-order valence-electron chi connectivity index (χ2n) is 7.39. The van der Waals surface area contributed by atoms with Crippen molar-refractivity contribution in [1.29, 1.82) is 5.26 Å². The van der Waals surface area contributed by atoms with Crippen molar-refractivity contribution < 1.29 is 19.1 Å². The summed E-state index contributed by atoms with van der Waals surface area (Å²) in [5.74, 6) is -0.544. The molecule has 9 nitrogen and oxygen atoms in total. The highest BCUT2D eigenvalue weighted by molar-refractivity contribution is 6.25. The van der Waals surface area contributed by atoms with Crippen molar-refractivity contribution in [1.82, 2.24) is 14.8 Å². The molecule has 2 aromatic rings. The quantitative estimate of drug-likeness (QED) is 0.719. The van der Waals surface area contributed by atoms with Crippen molar-refractivity contribution in [2.45, 2.75) is 24.5 Å². The molecule has 2 bridgehead atoms. The van der Waals surface area contributed by atoms with E-state index in [-0.39, 0.29) is 36.2 Å². The predicted octanol–water partition coefficient (Wildman–Crippen LogP) is 0.873. The second-order valence-corrected chi connectivity index (χ2v) is 7.39. The first-order valence-corrected chi connectivity index (χ1v) is 9.29. The van der Waals surface area contributed by atoms with Crippen molar-refractivity contribution in [3.05, 3.63) is 36.2 Å². The highest BCUT2D eigenvalue weighted by atomic mass is 16.5. The van der Waals surface area contributed by atoms with Crippen LogP contribution in [-0.4, -0.2) is 71.0 Å². The zero-order chi connectivity index (χ0) is 20.3. The Kier molecular flexibility index (Phi) is 3.79. The van der Waals surface area contributed by atoms with Gasteiger partial charge in [0.05, 0.1) is 24.0 Å². The van der Waals surface area contributed by atoms with Gasteiger partial charge in [0.2, 0.25) is 5.91 Å². The summed E-state index contributed by atoms with van der Waals surface area (Å²) >= 11 is 0. The summed E-state index contributed by atoms with van der Waals surface area (Å²) in [6.07, 6.45) is 1.99. The van der Waals surface area contributed by atoms with Crippen LogP contribution in [0.4, 0.5) is 10.5 Å². The first-order chi connectivity index (χ1) is 14.1. The van der Waals surface area contributed by atoms with E-state index >= 15 is 0 Å². The number of hydrogen-bond acceptors (Lipinski definition) is 6. The van der Waals surface area contributed by atoms with Gasteiger partial charge in [0.1, 0.15) is 24.4 Å². The van der Waals surface area contributed by atoms with Gasteiger partial charge in [-0.15, -0.1) is 0 Å². The molecule has 0 aliphatic carbocycles. The molecule has 3 fully saturated rings. The zero-order valence-electron chi connectivity index (χ0n) is 15.6. The van der Waals surface area contributed by atoms with E-state index in [0.29, 0.717) is 29.4 Å². The van der Waals surface area contributed by atoms with E-state index in [4.69, 9.17) is 4.74 Å². The number of hydrogen-bond donors (Lipinski definition) is 0. The first-order valence-electron chi connectivity index (χ1n) is 9.29. The minimum absolute atomic E-state index is 0.0496. The van der Waals surface area contributed by atoms with Gasteiger partial charge in [-0.25, -0.2) is 14.7 Å². The lowest BCUT2D eigenvalue weighted by atomic mass is 10.1. The average Bonchev–Trinajstić information content (AvgIpc) is 3.39. The van der Waals surface area contributed by atoms with Gasteiger partial charge in [-0.05, 0) is 6.42 Å². The number of benzene rings is 1. The maximum absolute atomic E-state index is 13.3. The number of carbonyl (C=O) groups is 3. The Bertz CT molecular complexity index is 1110. The minimum atomic E-state index is -0.698. The summed E-state index contributed by atoms with van der Waals surface area (Å²) in [7, 11) is 1.45. The molecule has 0 N–H and O–H groups in total. The normalized spacial score (nSPS) is 25.1. The highest BCUT2D eigenvalue weighted by Gasteiger charge is 2.63. The molecule has 0 radical (unpaired) electrons. The van der Waals surface area contributed by atoms with Crippen LogP contribution in [0.1, 0.15) is 12.1 Å². The van der Waals surface area contributed by atoms with Gasteiger partial charge < -0.3 is 14.5 Å². The molecule has 1 aromatic carbocycles. The molecular formula is C20H17N5O4. The minimum Gasteiger partial charge on any atom is -0.375 e. The molecular weight excluding hydrogens is 374 g/mol. The van der Waals surface area contributed by atoms with Crippen molar-refractivity contribution in [2.75, 3.05) is 25.2 Å². The largest absolute Gasteiger partial charge is 0.375 e. The number of aromatic nitrogens is 1. The first kappa shape index (κ1) is 17.6. The number of anilines is 1. The van der Waals surface area contributed by atoms with Gasteiger partial charge in [-0.3, -0.25) is 9.59 Å². The van der Waals surface area contributed by atoms with Crippen LogP contribution < -0.4 is 4.90 Å². The Morgan fingerprint density at radius 1 is 1.31 bits per heavy atom. The monoisotopic (exact) mass is 391 g/mol. The third kappa shape index (κ3) is 2.29. The summed E-state index contributed by atoms with van der Waals surface area (Å²) < 4.78 is 4.94. The van der Waals surface area contributed by atoms with E-state index in [1.165, 1.54) is 13.3 Å². The smallest absolute Gasteiger partial charge is 0.332 e. The van der Waals surface area contributed by atoms with E-state index in [2.05, 4.69) is 4.98 Å². The summed E-state index contributed by atoms with van der Waals surface area (Å²) in [6, 6.07) is 7.47. The van der Waals surface area contributed by atoms with Crippen molar-refractivity contribution in [3.8, 4) is 6.07 Å². The number of likely N-dealkylation sites (tertiary alicyclic amines) is 1. The molecule has 3 aliphatic heterocycles. The Hall–Kier alpha value is -3.51. The molecule has 3 saturated heterocycles. The molecule has 1 aromatic heterocycles. The van der Waals surface area contributed by atoms with Crippen molar-refractivity contribution in [3.63, 3.8) is 0 Å². The van der Waals surface area contributed by atoms with Crippen LogP contribution in [0.3, 0.4) is 0 Å². The van der Waals surface area contributed by atoms with E-state index in [9.17, 15) is 19.6 Å². The third-order valence-electron chi connectivity index (χ3n) is 5.97. The Balaban J connectivity index is 1.55. The second kappa shape index (κ2) is 6.25. The summed E-state index contributed by atoms with van der Waals surface area (Å²) in [4.78, 5) is 47.4.